The van der Waals surface area contributed by atoms with Crippen molar-refractivity contribution in [1.82, 2.24) is 4.98 Å². The van der Waals surface area contributed by atoms with Gasteiger partial charge in [0.15, 0.2) is 0 Å². The summed E-state index contributed by atoms with van der Waals surface area (Å²) in [4.78, 5) is 3.92. The fraction of sp³-hybridized carbons (Fsp3) is 0.167. The van der Waals surface area contributed by atoms with Crippen LogP contribution in [0.15, 0.2) is 18.3 Å². The summed E-state index contributed by atoms with van der Waals surface area (Å²) in [5.41, 5.74) is 6.62. The molecule has 0 aliphatic rings. The second kappa shape index (κ2) is 3.00. The molecule has 0 aromatic carbocycles. The van der Waals surface area contributed by atoms with E-state index < -0.39 is 0 Å². The Morgan fingerprint density at radius 3 is 2.89 bits per heavy atom. The lowest BCUT2D eigenvalue weighted by molar-refractivity contribution is 1.28. The van der Waals surface area contributed by atoms with Crippen LogP contribution in [0.1, 0.15) is 5.56 Å². The summed E-state index contributed by atoms with van der Waals surface area (Å²) in [6.45, 7) is 0. The van der Waals surface area contributed by atoms with E-state index in [1.807, 2.05) is 12.1 Å². The quantitative estimate of drug-likeness (QED) is 0.592. The molecule has 0 radical (unpaired) electrons. The molecule has 3 heteroatoms. The van der Waals surface area contributed by atoms with Crippen LogP contribution in [-0.2, 0) is 4.43 Å². The van der Waals surface area contributed by atoms with Gasteiger partial charge in [0.1, 0.15) is 5.82 Å². The van der Waals surface area contributed by atoms with E-state index in [4.69, 9.17) is 5.73 Å². The molecule has 0 fully saturated rings. The van der Waals surface area contributed by atoms with Crippen LogP contribution in [0.4, 0.5) is 5.82 Å². The molecule has 1 rings (SSSR count). The van der Waals surface area contributed by atoms with Gasteiger partial charge in [0, 0.05) is 16.2 Å². The highest BCUT2D eigenvalue weighted by atomic mass is 127. The third kappa shape index (κ3) is 1.54. The monoisotopic (exact) mass is 234 g/mol. The molecule has 0 aliphatic carbocycles. The van der Waals surface area contributed by atoms with Gasteiger partial charge in [-0.1, -0.05) is 28.7 Å². The van der Waals surface area contributed by atoms with E-state index in [0.717, 1.165) is 9.99 Å². The second-order valence-electron chi connectivity index (χ2n) is 1.68. The summed E-state index contributed by atoms with van der Waals surface area (Å²) in [5.74, 6) is 0.645. The molecule has 0 spiro atoms. The number of anilines is 1. The van der Waals surface area contributed by atoms with Crippen molar-refractivity contribution in [3.8, 4) is 0 Å². The van der Waals surface area contributed by atoms with Crippen molar-refractivity contribution in [2.24, 2.45) is 0 Å². The predicted molar refractivity (Wildman–Crippen MR) is 46.4 cm³/mol. The van der Waals surface area contributed by atoms with Gasteiger partial charge in [-0.2, -0.15) is 0 Å². The van der Waals surface area contributed by atoms with Crippen molar-refractivity contribution in [1.29, 1.82) is 0 Å². The Bertz CT molecular complexity index is 200. The maximum Gasteiger partial charge on any atom is 0.127 e. The molecule has 0 unspecified atom stereocenters. The summed E-state index contributed by atoms with van der Waals surface area (Å²) in [7, 11) is 0. The van der Waals surface area contributed by atoms with E-state index in [2.05, 4.69) is 27.6 Å². The zero-order chi connectivity index (χ0) is 6.69. The fourth-order valence-corrected chi connectivity index (χ4v) is 1.21. The van der Waals surface area contributed by atoms with Gasteiger partial charge < -0.3 is 5.73 Å². The van der Waals surface area contributed by atoms with Crippen molar-refractivity contribution >= 4 is 28.4 Å². The Kier molecular flexibility index (Phi) is 2.27. The zero-order valence-electron chi connectivity index (χ0n) is 4.84. The van der Waals surface area contributed by atoms with Crippen LogP contribution in [0.3, 0.4) is 0 Å². The minimum absolute atomic E-state index is 0.645. The summed E-state index contributed by atoms with van der Waals surface area (Å²) in [6, 6.07) is 3.87. The number of hydrogen-bond donors (Lipinski definition) is 1. The van der Waals surface area contributed by atoms with Gasteiger partial charge in [0.05, 0.1) is 0 Å². The molecular formula is C6H7IN2. The minimum Gasteiger partial charge on any atom is -0.383 e. The molecule has 2 nitrogen and oxygen atoms in total. The highest BCUT2D eigenvalue weighted by Gasteiger charge is 1.92. The Morgan fingerprint density at radius 1 is 1.67 bits per heavy atom. The van der Waals surface area contributed by atoms with Gasteiger partial charge in [0.25, 0.3) is 0 Å². The molecule has 0 atom stereocenters. The Balaban J connectivity index is 3.01. The number of nitrogen functional groups attached to an aromatic ring is 1. The third-order valence-electron chi connectivity index (χ3n) is 1.07. The molecule has 9 heavy (non-hydrogen) atoms. The van der Waals surface area contributed by atoms with Crippen molar-refractivity contribution in [2.45, 2.75) is 4.43 Å². The molecule has 0 saturated carbocycles. The third-order valence-corrected chi connectivity index (χ3v) is 1.89. The molecule has 0 saturated heterocycles. The first-order valence-electron chi connectivity index (χ1n) is 2.60. The molecule has 1 heterocycles. The summed E-state index contributed by atoms with van der Waals surface area (Å²) >= 11 is 2.26. The van der Waals surface area contributed by atoms with Crippen LogP contribution in [-0.4, -0.2) is 4.98 Å². The predicted octanol–water partition coefficient (Wildman–Crippen LogP) is 1.60. The molecule has 1 aromatic rings. The Morgan fingerprint density at radius 2 is 2.44 bits per heavy atom. The van der Waals surface area contributed by atoms with Gasteiger partial charge >= 0.3 is 0 Å². The Labute approximate surface area is 67.6 Å². The van der Waals surface area contributed by atoms with E-state index in [-0.39, 0.29) is 0 Å². The normalized spacial score (nSPS) is 9.44. The smallest absolute Gasteiger partial charge is 0.127 e. The zero-order valence-corrected chi connectivity index (χ0v) is 7.00. The average molecular weight is 234 g/mol. The lowest BCUT2D eigenvalue weighted by atomic mass is 10.3. The molecule has 2 N–H and O–H groups in total. The van der Waals surface area contributed by atoms with E-state index in [0.29, 0.717) is 5.82 Å². The lowest BCUT2D eigenvalue weighted by Gasteiger charge is -1.96. The lowest BCUT2D eigenvalue weighted by Crippen LogP contribution is -1.93. The summed E-state index contributed by atoms with van der Waals surface area (Å²) in [6.07, 6.45) is 1.70. The van der Waals surface area contributed by atoms with Gasteiger partial charge in [-0.3, -0.25) is 0 Å². The summed E-state index contributed by atoms with van der Waals surface area (Å²) < 4.78 is 0.928. The number of aromatic nitrogens is 1. The summed E-state index contributed by atoms with van der Waals surface area (Å²) in [5, 5.41) is 0. The topological polar surface area (TPSA) is 38.9 Å². The van der Waals surface area contributed by atoms with Crippen LogP contribution in [0, 0.1) is 0 Å². The average Bonchev–Trinajstić information content (AvgIpc) is 1.89. The molecule has 0 bridgehead atoms. The molecule has 0 amide bonds. The van der Waals surface area contributed by atoms with E-state index in [1.165, 1.54) is 0 Å². The first-order valence-corrected chi connectivity index (χ1v) is 4.12. The SMILES string of the molecule is Nc1ncccc1CI. The molecular weight excluding hydrogens is 227 g/mol. The second-order valence-corrected chi connectivity index (χ2v) is 2.44. The first-order chi connectivity index (χ1) is 4.34. The van der Waals surface area contributed by atoms with Crippen LogP contribution in [0.2, 0.25) is 0 Å². The van der Waals surface area contributed by atoms with E-state index >= 15 is 0 Å². The number of pyridine rings is 1. The fourth-order valence-electron chi connectivity index (χ4n) is 0.564. The van der Waals surface area contributed by atoms with E-state index in [1.54, 1.807) is 6.20 Å². The number of hydrogen-bond acceptors (Lipinski definition) is 2. The van der Waals surface area contributed by atoms with Crippen molar-refractivity contribution in [3.05, 3.63) is 23.9 Å². The number of alkyl halides is 1. The largest absolute Gasteiger partial charge is 0.383 e. The van der Waals surface area contributed by atoms with Gasteiger partial charge in [-0.15, -0.1) is 0 Å². The van der Waals surface area contributed by atoms with Crippen molar-refractivity contribution < 1.29 is 0 Å². The van der Waals surface area contributed by atoms with Crippen molar-refractivity contribution in [3.63, 3.8) is 0 Å². The molecule has 48 valence electrons. The van der Waals surface area contributed by atoms with E-state index in [9.17, 15) is 0 Å². The standard InChI is InChI=1S/C6H7IN2/c7-4-5-2-1-3-9-6(5)8/h1-3H,4H2,(H2,8,9). The highest BCUT2D eigenvalue weighted by Crippen LogP contribution is 2.10. The number of halogens is 1. The number of nitrogens with zero attached hydrogens (tertiary/aromatic N) is 1. The van der Waals surface area contributed by atoms with Crippen LogP contribution < -0.4 is 5.73 Å². The minimum atomic E-state index is 0.645. The Hall–Kier alpha value is -0.320. The van der Waals surface area contributed by atoms with Gasteiger partial charge in [-0.05, 0) is 6.07 Å². The highest BCUT2D eigenvalue weighted by molar-refractivity contribution is 14.1. The number of rotatable bonds is 1. The van der Waals surface area contributed by atoms with Gasteiger partial charge in [0.2, 0.25) is 0 Å². The van der Waals surface area contributed by atoms with Gasteiger partial charge in [-0.25, -0.2) is 4.98 Å². The molecule has 1 aromatic heterocycles. The maximum absolute atomic E-state index is 5.52. The maximum atomic E-state index is 5.52. The van der Waals surface area contributed by atoms with Crippen LogP contribution >= 0.6 is 22.6 Å². The van der Waals surface area contributed by atoms with Crippen LogP contribution in [0.5, 0.6) is 0 Å². The van der Waals surface area contributed by atoms with Crippen molar-refractivity contribution in [2.75, 3.05) is 5.73 Å². The molecule has 0 aliphatic heterocycles. The number of nitrogens with two attached hydrogens (primary N) is 1. The van der Waals surface area contributed by atoms with Crippen LogP contribution in [0.25, 0.3) is 0 Å². The first kappa shape index (κ1) is 6.80.